The second-order valence-corrected chi connectivity index (χ2v) is 2.14. The van der Waals surface area contributed by atoms with Crippen LogP contribution in [0.5, 0.6) is 0 Å². The standard InChI is InChI=1S/C8H9FN/c1-6-5-7(9)3-4-8(6)10-2/h3-5,10H,2H2,1H3. The highest BCUT2D eigenvalue weighted by molar-refractivity contribution is 5.50. The van der Waals surface area contributed by atoms with Crippen molar-refractivity contribution in [2.24, 2.45) is 0 Å². The smallest absolute Gasteiger partial charge is 0.123 e. The first-order chi connectivity index (χ1) is 4.74. The van der Waals surface area contributed by atoms with Crippen LogP contribution in [-0.2, 0) is 0 Å². The van der Waals surface area contributed by atoms with E-state index >= 15 is 0 Å². The molecule has 0 saturated heterocycles. The summed E-state index contributed by atoms with van der Waals surface area (Å²) in [5.74, 6) is -0.212. The number of anilines is 1. The zero-order valence-electron chi connectivity index (χ0n) is 5.82. The Morgan fingerprint density at radius 1 is 1.50 bits per heavy atom. The lowest BCUT2D eigenvalue weighted by molar-refractivity contribution is 0.627. The fraction of sp³-hybridized carbons (Fsp3) is 0.125. The van der Waals surface area contributed by atoms with E-state index in [1.54, 1.807) is 6.07 Å². The Kier molecular flexibility index (Phi) is 1.90. The molecule has 1 rings (SSSR count). The van der Waals surface area contributed by atoms with E-state index in [2.05, 4.69) is 12.4 Å². The molecule has 1 nitrogen and oxygen atoms in total. The third-order valence-electron chi connectivity index (χ3n) is 1.38. The summed E-state index contributed by atoms with van der Waals surface area (Å²) < 4.78 is 12.4. The highest BCUT2D eigenvalue weighted by atomic mass is 19.1. The Labute approximate surface area is 59.9 Å². The largest absolute Gasteiger partial charge is 0.383 e. The Morgan fingerprint density at radius 2 is 2.20 bits per heavy atom. The van der Waals surface area contributed by atoms with Crippen molar-refractivity contribution in [2.75, 3.05) is 5.32 Å². The monoisotopic (exact) mass is 138 g/mol. The van der Waals surface area contributed by atoms with Crippen molar-refractivity contribution in [1.82, 2.24) is 0 Å². The maximum absolute atomic E-state index is 12.4. The van der Waals surface area contributed by atoms with E-state index in [1.165, 1.54) is 12.1 Å². The maximum atomic E-state index is 12.4. The molecule has 1 aromatic carbocycles. The third kappa shape index (κ3) is 1.26. The van der Waals surface area contributed by atoms with E-state index in [0.717, 1.165) is 11.3 Å². The summed E-state index contributed by atoms with van der Waals surface area (Å²) in [6.45, 7) is 1.83. The third-order valence-corrected chi connectivity index (χ3v) is 1.38. The van der Waals surface area contributed by atoms with Gasteiger partial charge in [-0.3, -0.25) is 0 Å². The normalized spacial score (nSPS) is 9.50. The van der Waals surface area contributed by atoms with Crippen molar-refractivity contribution in [1.29, 1.82) is 0 Å². The van der Waals surface area contributed by atoms with Crippen LogP contribution in [0.2, 0.25) is 0 Å². The second-order valence-electron chi connectivity index (χ2n) is 2.14. The van der Waals surface area contributed by atoms with E-state index < -0.39 is 0 Å². The summed E-state index contributed by atoms with van der Waals surface area (Å²) in [5.41, 5.74) is 1.73. The lowest BCUT2D eigenvalue weighted by Gasteiger charge is -2.02. The van der Waals surface area contributed by atoms with Gasteiger partial charge in [-0.05, 0) is 30.7 Å². The number of aryl methyl sites for hydroxylation is 1. The molecule has 0 atom stereocenters. The van der Waals surface area contributed by atoms with Crippen molar-refractivity contribution < 1.29 is 4.39 Å². The summed E-state index contributed by atoms with van der Waals surface area (Å²) in [4.78, 5) is 0. The van der Waals surface area contributed by atoms with Crippen molar-refractivity contribution >= 4 is 5.69 Å². The van der Waals surface area contributed by atoms with Gasteiger partial charge in [0.2, 0.25) is 0 Å². The first-order valence-electron chi connectivity index (χ1n) is 3.03. The van der Waals surface area contributed by atoms with E-state index in [0.29, 0.717) is 0 Å². The summed E-state index contributed by atoms with van der Waals surface area (Å²) in [7, 11) is 3.47. The zero-order chi connectivity index (χ0) is 7.56. The molecule has 0 amide bonds. The first-order valence-corrected chi connectivity index (χ1v) is 3.03. The molecule has 0 saturated carbocycles. The number of benzene rings is 1. The lowest BCUT2D eigenvalue weighted by Crippen LogP contribution is -1.88. The van der Waals surface area contributed by atoms with Crippen molar-refractivity contribution in [2.45, 2.75) is 6.92 Å². The minimum absolute atomic E-state index is 0.212. The Hall–Kier alpha value is -1.05. The van der Waals surface area contributed by atoms with Gasteiger partial charge in [0.25, 0.3) is 0 Å². The molecule has 10 heavy (non-hydrogen) atoms. The van der Waals surface area contributed by atoms with Gasteiger partial charge in [0, 0.05) is 12.7 Å². The minimum atomic E-state index is -0.212. The molecule has 2 heteroatoms. The predicted molar refractivity (Wildman–Crippen MR) is 40.1 cm³/mol. The van der Waals surface area contributed by atoms with E-state index in [4.69, 9.17) is 0 Å². The second kappa shape index (κ2) is 2.69. The molecule has 0 aliphatic carbocycles. The highest BCUT2D eigenvalue weighted by Gasteiger charge is 1.95. The molecule has 0 heterocycles. The van der Waals surface area contributed by atoms with Gasteiger partial charge < -0.3 is 5.32 Å². The molecule has 53 valence electrons. The zero-order valence-corrected chi connectivity index (χ0v) is 5.82. The lowest BCUT2D eigenvalue weighted by atomic mass is 10.2. The number of nitrogens with one attached hydrogen (secondary N) is 1. The molecule has 1 radical (unpaired) electrons. The van der Waals surface area contributed by atoms with Crippen LogP contribution < -0.4 is 5.32 Å². The topological polar surface area (TPSA) is 12.0 Å². The highest BCUT2D eigenvalue weighted by Crippen LogP contribution is 2.14. The van der Waals surface area contributed by atoms with Gasteiger partial charge in [0.1, 0.15) is 5.82 Å². The predicted octanol–water partition coefficient (Wildman–Crippen LogP) is 2.34. The van der Waals surface area contributed by atoms with Crippen LogP contribution in [0.3, 0.4) is 0 Å². The molecule has 0 fully saturated rings. The number of halogens is 1. The van der Waals surface area contributed by atoms with Crippen LogP contribution >= 0.6 is 0 Å². The molecule has 1 aromatic rings. The molecule has 0 aliphatic heterocycles. The van der Waals surface area contributed by atoms with Gasteiger partial charge in [-0.25, -0.2) is 4.39 Å². The minimum Gasteiger partial charge on any atom is -0.383 e. The number of hydrogen-bond donors (Lipinski definition) is 1. The Bertz CT molecular complexity index is 233. The van der Waals surface area contributed by atoms with Gasteiger partial charge in [-0.15, -0.1) is 0 Å². The first kappa shape index (κ1) is 7.06. The molecule has 0 unspecified atom stereocenters. The summed E-state index contributed by atoms with van der Waals surface area (Å²) in [5, 5.41) is 2.71. The van der Waals surface area contributed by atoms with Gasteiger partial charge in [-0.2, -0.15) is 0 Å². The SMILES string of the molecule is [CH2]Nc1ccc(F)cc1C. The number of rotatable bonds is 1. The van der Waals surface area contributed by atoms with Gasteiger partial charge >= 0.3 is 0 Å². The number of hydrogen-bond acceptors (Lipinski definition) is 1. The summed E-state index contributed by atoms with van der Waals surface area (Å²) >= 11 is 0. The Morgan fingerprint density at radius 3 is 2.70 bits per heavy atom. The molecule has 0 aliphatic rings. The fourth-order valence-corrected chi connectivity index (χ4v) is 0.825. The van der Waals surface area contributed by atoms with Crippen molar-refractivity contribution in [3.05, 3.63) is 36.6 Å². The van der Waals surface area contributed by atoms with Crippen LogP contribution in [-0.4, -0.2) is 0 Å². The van der Waals surface area contributed by atoms with E-state index in [-0.39, 0.29) is 5.82 Å². The Balaban J connectivity index is 3.07. The summed E-state index contributed by atoms with van der Waals surface area (Å²) in [6.07, 6.45) is 0. The van der Waals surface area contributed by atoms with Crippen molar-refractivity contribution in [3.63, 3.8) is 0 Å². The fourth-order valence-electron chi connectivity index (χ4n) is 0.825. The van der Waals surface area contributed by atoms with Crippen LogP contribution in [0.4, 0.5) is 10.1 Å². The van der Waals surface area contributed by atoms with Gasteiger partial charge in [-0.1, -0.05) is 0 Å². The average Bonchev–Trinajstić information content (AvgIpc) is 1.88. The molecular weight excluding hydrogens is 129 g/mol. The molecular formula is C8H9FN. The molecule has 1 N–H and O–H groups in total. The summed E-state index contributed by atoms with van der Waals surface area (Å²) in [6, 6.07) is 4.53. The van der Waals surface area contributed by atoms with Crippen LogP contribution in [0.25, 0.3) is 0 Å². The van der Waals surface area contributed by atoms with Gasteiger partial charge in [0.05, 0.1) is 0 Å². The molecule has 0 bridgehead atoms. The molecule has 0 spiro atoms. The maximum Gasteiger partial charge on any atom is 0.123 e. The van der Waals surface area contributed by atoms with E-state index in [1.807, 2.05) is 6.92 Å². The van der Waals surface area contributed by atoms with Crippen LogP contribution in [0.15, 0.2) is 18.2 Å². The van der Waals surface area contributed by atoms with Gasteiger partial charge in [0.15, 0.2) is 0 Å². The molecule has 0 aromatic heterocycles. The average molecular weight is 138 g/mol. The van der Waals surface area contributed by atoms with Crippen molar-refractivity contribution in [3.8, 4) is 0 Å². The van der Waals surface area contributed by atoms with E-state index in [9.17, 15) is 4.39 Å². The van der Waals surface area contributed by atoms with Crippen LogP contribution in [0.1, 0.15) is 5.56 Å². The van der Waals surface area contributed by atoms with Crippen LogP contribution in [0, 0.1) is 19.8 Å². The quantitative estimate of drug-likeness (QED) is 0.628.